The molecule has 1 aromatic heterocycles. The molecule has 2 atom stereocenters. The largest absolute Gasteiger partial charge is 0.330 e. The average Bonchev–Trinajstić information content (AvgIpc) is 2.69. The van der Waals surface area contributed by atoms with E-state index in [0.717, 1.165) is 58.6 Å². The van der Waals surface area contributed by atoms with E-state index in [2.05, 4.69) is 39.5 Å². The van der Waals surface area contributed by atoms with Crippen molar-refractivity contribution in [1.29, 1.82) is 0 Å². The summed E-state index contributed by atoms with van der Waals surface area (Å²) >= 11 is 0. The molecule has 2 N–H and O–H groups in total. The Morgan fingerprint density at radius 3 is 2.82 bits per heavy atom. The number of nitrogens with one attached hydrogen (secondary N) is 2. The normalized spacial score (nSPS) is 27.1. The van der Waals surface area contributed by atoms with Crippen molar-refractivity contribution in [2.75, 3.05) is 18.5 Å². The fourth-order valence-electron chi connectivity index (χ4n) is 5.13. The van der Waals surface area contributed by atoms with Crippen molar-refractivity contribution in [3.63, 3.8) is 0 Å². The number of amides is 4. The number of imide groups is 2. The zero-order valence-corrected chi connectivity index (χ0v) is 16.0. The smallest absolute Gasteiger partial charge is 0.276 e. The van der Waals surface area contributed by atoms with Crippen molar-refractivity contribution in [3.8, 4) is 0 Å². The summed E-state index contributed by atoms with van der Waals surface area (Å²) in [4.78, 5) is 45.2. The Morgan fingerprint density at radius 1 is 1.18 bits per heavy atom. The summed E-state index contributed by atoms with van der Waals surface area (Å²) in [5.74, 6) is 0.132. The summed E-state index contributed by atoms with van der Waals surface area (Å²) in [5.41, 5.74) is 1.87. The van der Waals surface area contributed by atoms with E-state index in [9.17, 15) is 14.4 Å². The number of aryl methyl sites for hydroxylation is 1. The van der Waals surface area contributed by atoms with E-state index in [0.29, 0.717) is 6.42 Å². The predicted molar refractivity (Wildman–Crippen MR) is 103 cm³/mol. The first kappa shape index (κ1) is 17.2. The molecule has 0 saturated carbocycles. The van der Waals surface area contributed by atoms with Gasteiger partial charge >= 0.3 is 6.03 Å². The van der Waals surface area contributed by atoms with Gasteiger partial charge in [-0.15, -0.1) is 0 Å². The monoisotopic (exact) mass is 379 g/mol. The highest BCUT2D eigenvalue weighted by atomic mass is 16.2. The number of H-pyrrole nitrogens is 1. The van der Waals surface area contributed by atoms with E-state index in [1.165, 1.54) is 7.05 Å². The minimum absolute atomic E-state index is 0.254. The van der Waals surface area contributed by atoms with Crippen LogP contribution in [0.2, 0.25) is 0 Å². The van der Waals surface area contributed by atoms with Crippen LogP contribution >= 0.6 is 0 Å². The minimum atomic E-state index is -1.26. The molecule has 0 bridgehead atoms. The number of aromatic amines is 1. The summed E-state index contributed by atoms with van der Waals surface area (Å²) in [7, 11) is 1.45. The van der Waals surface area contributed by atoms with Gasteiger partial charge in [0, 0.05) is 24.4 Å². The molecule has 0 aliphatic carbocycles. The quantitative estimate of drug-likeness (QED) is 0.705. The molecule has 2 fully saturated rings. The number of barbiturate groups is 1. The topological polar surface area (TPSA) is 83.9 Å². The molecule has 28 heavy (non-hydrogen) atoms. The minimum Gasteiger partial charge on any atom is -0.276 e. The average molecular weight is 379 g/mol. The highest BCUT2D eigenvalue weighted by molar-refractivity contribution is 6.20. The van der Waals surface area contributed by atoms with Gasteiger partial charge in [-0.2, -0.15) is 0 Å². The van der Waals surface area contributed by atoms with Gasteiger partial charge in [0.2, 0.25) is 5.91 Å². The van der Waals surface area contributed by atoms with Crippen LogP contribution in [0.25, 0.3) is 10.9 Å². The summed E-state index contributed by atoms with van der Waals surface area (Å²) in [6, 6.07) is 7.42. The van der Waals surface area contributed by atoms with Crippen LogP contribution < -0.4 is 15.2 Å². The Balaban J connectivity index is 1.73. The SMILES string of the molecule is Cc1ccc2[nH+]c3c(cc2c1)C[C@@]1(C(=O)NC(=O)N(C)C1=O)[C@H]1CCCCN31. The van der Waals surface area contributed by atoms with Crippen LogP contribution in [-0.2, 0) is 16.0 Å². The number of hydrogen-bond acceptors (Lipinski definition) is 4. The number of aromatic nitrogens is 1. The molecule has 7 nitrogen and oxygen atoms in total. The first-order valence-corrected chi connectivity index (χ1v) is 9.77. The van der Waals surface area contributed by atoms with Gasteiger partial charge in [0.15, 0.2) is 5.41 Å². The third-order valence-electron chi connectivity index (χ3n) is 6.54. The number of rotatable bonds is 0. The van der Waals surface area contributed by atoms with E-state index in [4.69, 9.17) is 0 Å². The Morgan fingerprint density at radius 2 is 2.00 bits per heavy atom. The van der Waals surface area contributed by atoms with Gasteiger partial charge in [-0.25, -0.2) is 9.78 Å². The molecule has 5 rings (SSSR count). The van der Waals surface area contributed by atoms with Gasteiger partial charge < -0.3 is 0 Å². The van der Waals surface area contributed by atoms with Crippen molar-refractivity contribution in [3.05, 3.63) is 35.4 Å². The van der Waals surface area contributed by atoms with Crippen molar-refractivity contribution in [1.82, 2.24) is 10.2 Å². The lowest BCUT2D eigenvalue weighted by Crippen LogP contribution is -2.72. The number of benzene rings is 1. The maximum atomic E-state index is 13.3. The third-order valence-corrected chi connectivity index (χ3v) is 6.54. The Labute approximate surface area is 162 Å². The van der Waals surface area contributed by atoms with Gasteiger partial charge in [-0.3, -0.25) is 24.7 Å². The van der Waals surface area contributed by atoms with Gasteiger partial charge in [-0.1, -0.05) is 11.6 Å². The number of pyridine rings is 1. The zero-order chi connectivity index (χ0) is 19.6. The second kappa shape index (κ2) is 5.77. The van der Waals surface area contributed by atoms with Crippen molar-refractivity contribution in [2.24, 2.45) is 5.41 Å². The number of fused-ring (bicyclic) bond motifs is 5. The molecular weight excluding hydrogens is 356 g/mol. The van der Waals surface area contributed by atoms with Gasteiger partial charge in [0.05, 0.1) is 6.54 Å². The number of carbonyl (C=O) groups excluding carboxylic acids is 3. The van der Waals surface area contributed by atoms with Crippen LogP contribution in [0, 0.1) is 12.3 Å². The van der Waals surface area contributed by atoms with E-state index in [1.807, 2.05) is 6.92 Å². The fraction of sp³-hybridized carbons (Fsp3) is 0.429. The van der Waals surface area contributed by atoms with Crippen molar-refractivity contribution < 1.29 is 19.4 Å². The summed E-state index contributed by atoms with van der Waals surface area (Å²) in [5, 5.41) is 3.47. The Hall–Kier alpha value is -2.96. The lowest BCUT2D eigenvalue weighted by Gasteiger charge is -2.48. The number of nitrogens with zero attached hydrogens (tertiary/aromatic N) is 2. The molecule has 2 saturated heterocycles. The maximum Gasteiger partial charge on any atom is 0.330 e. The first-order chi connectivity index (χ1) is 13.4. The van der Waals surface area contributed by atoms with Gasteiger partial charge in [-0.05, 0) is 44.4 Å². The van der Waals surface area contributed by atoms with Crippen LogP contribution in [0.3, 0.4) is 0 Å². The highest BCUT2D eigenvalue weighted by Crippen LogP contribution is 2.46. The van der Waals surface area contributed by atoms with Gasteiger partial charge in [0.25, 0.3) is 11.7 Å². The molecule has 3 aliphatic heterocycles. The van der Waals surface area contributed by atoms with E-state index in [1.54, 1.807) is 0 Å². The van der Waals surface area contributed by atoms with Crippen LogP contribution in [0.15, 0.2) is 24.3 Å². The summed E-state index contributed by atoms with van der Waals surface area (Å²) < 4.78 is 0. The van der Waals surface area contributed by atoms with Crippen LogP contribution in [0.5, 0.6) is 0 Å². The molecule has 0 radical (unpaired) electrons. The Kier molecular flexibility index (Phi) is 3.53. The maximum absolute atomic E-state index is 13.3. The van der Waals surface area contributed by atoms with Crippen molar-refractivity contribution in [2.45, 2.75) is 38.6 Å². The molecule has 4 amide bonds. The number of piperidine rings is 1. The first-order valence-electron chi connectivity index (χ1n) is 9.77. The Bertz CT molecular complexity index is 1050. The second-order valence-electron chi connectivity index (χ2n) is 8.21. The lowest BCUT2D eigenvalue weighted by atomic mass is 9.66. The fourth-order valence-corrected chi connectivity index (χ4v) is 5.13. The van der Waals surface area contributed by atoms with E-state index >= 15 is 0 Å². The second-order valence-corrected chi connectivity index (χ2v) is 8.21. The van der Waals surface area contributed by atoms with Crippen LogP contribution in [0.4, 0.5) is 10.6 Å². The van der Waals surface area contributed by atoms with E-state index < -0.39 is 23.3 Å². The van der Waals surface area contributed by atoms with Crippen molar-refractivity contribution >= 4 is 34.6 Å². The molecule has 4 heterocycles. The molecule has 7 heteroatoms. The third kappa shape index (κ3) is 2.16. The number of urea groups is 1. The molecule has 0 unspecified atom stereocenters. The molecular formula is C21H23N4O3+. The number of anilines is 1. The van der Waals surface area contributed by atoms with E-state index in [-0.39, 0.29) is 6.04 Å². The lowest BCUT2D eigenvalue weighted by molar-refractivity contribution is -0.333. The molecule has 3 aliphatic rings. The summed E-state index contributed by atoms with van der Waals surface area (Å²) in [6.07, 6.45) is 3.02. The molecule has 1 aromatic carbocycles. The van der Waals surface area contributed by atoms with Gasteiger partial charge in [0.1, 0.15) is 11.6 Å². The summed E-state index contributed by atoms with van der Waals surface area (Å²) in [6.45, 7) is 2.82. The predicted octanol–water partition coefficient (Wildman–Crippen LogP) is 1.57. The molecule has 2 aromatic rings. The number of hydrogen-bond donors (Lipinski definition) is 1. The standard InChI is InChI=1S/C21H22N4O3/c1-12-6-7-15-13(9-12)10-14-11-21(18(26)23-20(28)24(2)19(21)27)16-5-3-4-8-25(16)17(14)22-15/h6-7,9-10,16H,3-5,8,11H2,1-2H3,(H,23,26,28)/p+1/t16-,21+/m1/s1. The van der Waals surface area contributed by atoms with Crippen LogP contribution in [-0.4, -0.2) is 42.4 Å². The molecule has 1 spiro atoms. The highest BCUT2D eigenvalue weighted by Gasteiger charge is 2.64. The van der Waals surface area contributed by atoms with Crippen LogP contribution in [0.1, 0.15) is 30.4 Å². The zero-order valence-electron chi connectivity index (χ0n) is 16.0. The number of carbonyl (C=O) groups is 3. The molecule has 144 valence electrons.